The third kappa shape index (κ3) is 3.46. The van der Waals surface area contributed by atoms with Crippen molar-refractivity contribution >= 4 is 23.2 Å². The smallest absolute Gasteiger partial charge is 0.126 e. The molecule has 1 atom stereocenters. The van der Waals surface area contributed by atoms with E-state index >= 15 is 0 Å². The standard InChI is InChI=1S/C14H12Cl2F2N2/c15-9-1-4-13(18)8(5-9)6-14(20-19)11-3-2-10(17)7-12(11)16/h1-5,7,14,20H,6,19H2. The van der Waals surface area contributed by atoms with Crippen LogP contribution in [-0.2, 0) is 6.42 Å². The van der Waals surface area contributed by atoms with Gasteiger partial charge in [0, 0.05) is 10.0 Å². The Labute approximate surface area is 125 Å². The Kier molecular flexibility index (Phi) is 4.94. The molecule has 2 nitrogen and oxygen atoms in total. The van der Waals surface area contributed by atoms with Crippen LogP contribution in [-0.4, -0.2) is 0 Å². The lowest BCUT2D eigenvalue weighted by Gasteiger charge is -2.18. The summed E-state index contributed by atoms with van der Waals surface area (Å²) in [6.45, 7) is 0. The van der Waals surface area contributed by atoms with Gasteiger partial charge in [0.25, 0.3) is 0 Å². The van der Waals surface area contributed by atoms with Crippen LogP contribution in [0.3, 0.4) is 0 Å². The van der Waals surface area contributed by atoms with E-state index < -0.39 is 11.9 Å². The molecule has 2 aromatic rings. The third-order valence-corrected chi connectivity index (χ3v) is 3.53. The predicted octanol–water partition coefficient (Wildman–Crippen LogP) is 4.02. The fraction of sp³-hybridized carbons (Fsp3) is 0.143. The third-order valence-electron chi connectivity index (χ3n) is 2.97. The Bertz CT molecular complexity index is 620. The Balaban J connectivity index is 2.31. The lowest BCUT2D eigenvalue weighted by atomic mass is 9.99. The van der Waals surface area contributed by atoms with Crippen molar-refractivity contribution in [3.8, 4) is 0 Å². The highest BCUT2D eigenvalue weighted by Gasteiger charge is 2.16. The van der Waals surface area contributed by atoms with Crippen molar-refractivity contribution in [1.29, 1.82) is 0 Å². The molecule has 0 aliphatic heterocycles. The minimum atomic E-state index is -0.448. The summed E-state index contributed by atoms with van der Waals surface area (Å²) in [6, 6.07) is 7.82. The summed E-state index contributed by atoms with van der Waals surface area (Å²) in [6.07, 6.45) is 0.244. The topological polar surface area (TPSA) is 38.0 Å². The highest BCUT2D eigenvalue weighted by atomic mass is 35.5. The van der Waals surface area contributed by atoms with Crippen LogP contribution in [0.4, 0.5) is 8.78 Å². The van der Waals surface area contributed by atoms with Crippen molar-refractivity contribution in [3.05, 3.63) is 69.2 Å². The lowest BCUT2D eigenvalue weighted by molar-refractivity contribution is 0.528. The minimum absolute atomic E-state index is 0.232. The Morgan fingerprint density at radius 2 is 1.85 bits per heavy atom. The van der Waals surface area contributed by atoms with Gasteiger partial charge in [-0.1, -0.05) is 29.3 Å². The van der Waals surface area contributed by atoms with E-state index in [4.69, 9.17) is 29.0 Å². The summed E-state index contributed by atoms with van der Waals surface area (Å²) in [5.41, 5.74) is 3.55. The SMILES string of the molecule is NNC(Cc1cc(Cl)ccc1F)c1ccc(F)cc1Cl. The van der Waals surface area contributed by atoms with E-state index in [9.17, 15) is 8.78 Å². The molecule has 0 saturated carbocycles. The highest BCUT2D eigenvalue weighted by molar-refractivity contribution is 6.31. The molecule has 0 aromatic heterocycles. The first-order chi connectivity index (χ1) is 9.51. The van der Waals surface area contributed by atoms with Gasteiger partial charge in [0.15, 0.2) is 0 Å². The number of hydrogen-bond acceptors (Lipinski definition) is 2. The van der Waals surface area contributed by atoms with Gasteiger partial charge in [0.05, 0.1) is 6.04 Å². The van der Waals surface area contributed by atoms with Gasteiger partial charge in [-0.2, -0.15) is 0 Å². The number of nitrogens with one attached hydrogen (secondary N) is 1. The number of nitrogens with two attached hydrogens (primary N) is 1. The van der Waals surface area contributed by atoms with E-state index in [0.717, 1.165) is 0 Å². The quantitative estimate of drug-likeness (QED) is 0.660. The van der Waals surface area contributed by atoms with Gasteiger partial charge in [-0.3, -0.25) is 11.3 Å². The van der Waals surface area contributed by atoms with Crippen LogP contribution >= 0.6 is 23.2 Å². The van der Waals surface area contributed by atoms with Crippen LogP contribution < -0.4 is 11.3 Å². The fourth-order valence-corrected chi connectivity index (χ4v) is 2.46. The molecule has 2 rings (SSSR count). The number of hydrogen-bond donors (Lipinski definition) is 2. The predicted molar refractivity (Wildman–Crippen MR) is 76.6 cm³/mol. The Hall–Kier alpha value is -1.20. The number of benzene rings is 2. The molecule has 6 heteroatoms. The van der Waals surface area contributed by atoms with E-state index in [1.807, 2.05) is 0 Å². The molecule has 2 aromatic carbocycles. The molecule has 0 spiro atoms. The van der Waals surface area contributed by atoms with Crippen molar-refractivity contribution in [3.63, 3.8) is 0 Å². The van der Waals surface area contributed by atoms with E-state index in [0.29, 0.717) is 16.1 Å². The molecule has 0 bridgehead atoms. The first kappa shape index (κ1) is 15.2. The van der Waals surface area contributed by atoms with Crippen LogP contribution in [0.2, 0.25) is 10.0 Å². The zero-order chi connectivity index (χ0) is 14.7. The first-order valence-corrected chi connectivity index (χ1v) is 6.62. The van der Waals surface area contributed by atoms with Gasteiger partial charge in [-0.05, 0) is 47.9 Å². The van der Waals surface area contributed by atoms with Crippen molar-refractivity contribution in [2.45, 2.75) is 12.5 Å². The van der Waals surface area contributed by atoms with Gasteiger partial charge < -0.3 is 0 Å². The second-order valence-corrected chi connectivity index (χ2v) is 5.17. The van der Waals surface area contributed by atoms with Crippen LogP contribution in [0.15, 0.2) is 36.4 Å². The van der Waals surface area contributed by atoms with Crippen molar-refractivity contribution in [2.75, 3.05) is 0 Å². The summed E-state index contributed by atoms with van der Waals surface area (Å²) in [4.78, 5) is 0. The summed E-state index contributed by atoms with van der Waals surface area (Å²) in [7, 11) is 0. The zero-order valence-electron chi connectivity index (χ0n) is 10.3. The van der Waals surface area contributed by atoms with Crippen LogP contribution in [0.1, 0.15) is 17.2 Å². The van der Waals surface area contributed by atoms with Crippen LogP contribution in [0.25, 0.3) is 0 Å². The minimum Gasteiger partial charge on any atom is -0.271 e. The maximum Gasteiger partial charge on any atom is 0.126 e. The summed E-state index contributed by atoms with van der Waals surface area (Å²) >= 11 is 11.8. The van der Waals surface area contributed by atoms with Gasteiger partial charge in [0.1, 0.15) is 11.6 Å². The molecule has 106 valence electrons. The molecule has 0 aliphatic carbocycles. The molecule has 0 fully saturated rings. The molecular formula is C14H12Cl2F2N2. The second-order valence-electron chi connectivity index (χ2n) is 4.32. The first-order valence-electron chi connectivity index (χ1n) is 5.86. The van der Waals surface area contributed by atoms with Crippen molar-refractivity contribution in [2.24, 2.45) is 5.84 Å². The monoisotopic (exact) mass is 316 g/mol. The number of halogens is 4. The maximum atomic E-state index is 13.7. The maximum absolute atomic E-state index is 13.7. The van der Waals surface area contributed by atoms with E-state index in [1.165, 1.54) is 36.4 Å². The van der Waals surface area contributed by atoms with Crippen LogP contribution in [0.5, 0.6) is 0 Å². The molecule has 0 saturated heterocycles. The summed E-state index contributed by atoms with van der Waals surface area (Å²) in [5, 5.41) is 0.665. The zero-order valence-corrected chi connectivity index (χ0v) is 11.8. The molecule has 20 heavy (non-hydrogen) atoms. The molecule has 3 N–H and O–H groups in total. The highest BCUT2D eigenvalue weighted by Crippen LogP contribution is 2.27. The summed E-state index contributed by atoms with van der Waals surface area (Å²) in [5.74, 6) is 4.67. The molecule has 0 heterocycles. The molecule has 0 aliphatic rings. The Morgan fingerprint density at radius 1 is 1.10 bits per heavy atom. The Morgan fingerprint density at radius 3 is 2.50 bits per heavy atom. The molecular weight excluding hydrogens is 305 g/mol. The molecule has 0 amide bonds. The normalized spacial score (nSPS) is 12.4. The van der Waals surface area contributed by atoms with E-state index in [-0.39, 0.29) is 17.3 Å². The van der Waals surface area contributed by atoms with Gasteiger partial charge in [-0.15, -0.1) is 0 Å². The van der Waals surface area contributed by atoms with Crippen molar-refractivity contribution < 1.29 is 8.78 Å². The average molecular weight is 317 g/mol. The second kappa shape index (κ2) is 6.50. The van der Waals surface area contributed by atoms with Crippen molar-refractivity contribution in [1.82, 2.24) is 5.43 Å². The van der Waals surface area contributed by atoms with Gasteiger partial charge >= 0.3 is 0 Å². The molecule has 1 unspecified atom stereocenters. The van der Waals surface area contributed by atoms with Gasteiger partial charge in [-0.25, -0.2) is 8.78 Å². The average Bonchev–Trinajstić information content (AvgIpc) is 2.40. The summed E-state index contributed by atoms with van der Waals surface area (Å²) < 4.78 is 26.8. The van der Waals surface area contributed by atoms with E-state index in [2.05, 4.69) is 5.43 Å². The number of rotatable bonds is 4. The largest absolute Gasteiger partial charge is 0.271 e. The molecule has 0 radical (unpaired) electrons. The van der Waals surface area contributed by atoms with Crippen LogP contribution in [0, 0.1) is 11.6 Å². The fourth-order valence-electron chi connectivity index (χ4n) is 1.96. The lowest BCUT2D eigenvalue weighted by Crippen LogP contribution is -2.30. The number of hydrazine groups is 1. The van der Waals surface area contributed by atoms with E-state index in [1.54, 1.807) is 0 Å². The van der Waals surface area contributed by atoms with Gasteiger partial charge in [0.2, 0.25) is 0 Å².